The van der Waals surface area contributed by atoms with Gasteiger partial charge in [0.2, 0.25) is 5.13 Å². The standard InChI is InChI=1S/C19H26N4OS/c1-2-24-17-7-5-15(6-8-17)18-20-21-19(25-18)23-13-9-16(10-14-23)22-11-3-4-12-22/h5-8,16H,2-4,9-14H2,1H3. The summed E-state index contributed by atoms with van der Waals surface area (Å²) in [5.41, 5.74) is 1.11. The average molecular weight is 359 g/mol. The zero-order chi connectivity index (χ0) is 17.1. The fourth-order valence-corrected chi connectivity index (χ4v) is 4.75. The van der Waals surface area contributed by atoms with Gasteiger partial charge in [0.05, 0.1) is 6.61 Å². The molecule has 0 radical (unpaired) electrons. The number of anilines is 1. The highest BCUT2D eigenvalue weighted by Crippen LogP contribution is 2.32. The molecule has 2 aromatic rings. The predicted molar refractivity (Wildman–Crippen MR) is 103 cm³/mol. The van der Waals surface area contributed by atoms with Crippen LogP contribution in [0.2, 0.25) is 0 Å². The van der Waals surface area contributed by atoms with Crippen molar-refractivity contribution < 1.29 is 4.74 Å². The van der Waals surface area contributed by atoms with Crippen LogP contribution in [0.15, 0.2) is 24.3 Å². The van der Waals surface area contributed by atoms with Crippen LogP contribution in [0.4, 0.5) is 5.13 Å². The fourth-order valence-electron chi connectivity index (χ4n) is 3.85. The number of hydrogen-bond acceptors (Lipinski definition) is 6. The molecule has 0 saturated carbocycles. The maximum absolute atomic E-state index is 5.50. The molecule has 5 nitrogen and oxygen atoms in total. The third-order valence-electron chi connectivity index (χ3n) is 5.22. The molecule has 1 aromatic heterocycles. The van der Waals surface area contributed by atoms with Gasteiger partial charge in [-0.25, -0.2) is 0 Å². The topological polar surface area (TPSA) is 41.5 Å². The van der Waals surface area contributed by atoms with E-state index in [0.29, 0.717) is 6.61 Å². The fraction of sp³-hybridized carbons (Fsp3) is 0.579. The van der Waals surface area contributed by atoms with Gasteiger partial charge in [0, 0.05) is 24.7 Å². The molecular weight excluding hydrogens is 332 g/mol. The minimum atomic E-state index is 0.690. The second kappa shape index (κ2) is 7.70. The van der Waals surface area contributed by atoms with Crippen LogP contribution in [-0.4, -0.2) is 53.9 Å². The summed E-state index contributed by atoms with van der Waals surface area (Å²) in [5, 5.41) is 10.9. The van der Waals surface area contributed by atoms with Gasteiger partial charge in [-0.05, 0) is 70.0 Å². The molecule has 0 N–H and O–H groups in total. The Labute approximate surface area is 153 Å². The van der Waals surface area contributed by atoms with Crippen molar-refractivity contribution in [3.63, 3.8) is 0 Å². The number of nitrogens with zero attached hydrogens (tertiary/aromatic N) is 4. The van der Waals surface area contributed by atoms with Gasteiger partial charge in [-0.1, -0.05) is 11.3 Å². The Hall–Kier alpha value is -1.66. The van der Waals surface area contributed by atoms with E-state index < -0.39 is 0 Å². The lowest BCUT2D eigenvalue weighted by Crippen LogP contribution is -2.43. The monoisotopic (exact) mass is 358 g/mol. The normalized spacial score (nSPS) is 19.5. The molecular formula is C19H26N4OS. The van der Waals surface area contributed by atoms with E-state index in [0.717, 1.165) is 40.6 Å². The lowest BCUT2D eigenvalue weighted by Gasteiger charge is -2.36. The first kappa shape index (κ1) is 16.8. The van der Waals surface area contributed by atoms with Gasteiger partial charge in [-0.2, -0.15) is 0 Å². The van der Waals surface area contributed by atoms with Crippen molar-refractivity contribution in [1.82, 2.24) is 15.1 Å². The van der Waals surface area contributed by atoms with Crippen molar-refractivity contribution in [1.29, 1.82) is 0 Å². The molecule has 2 aliphatic heterocycles. The first-order valence-corrected chi connectivity index (χ1v) is 10.2. The second-order valence-corrected chi connectivity index (χ2v) is 7.76. The number of hydrogen-bond donors (Lipinski definition) is 0. The van der Waals surface area contributed by atoms with E-state index in [9.17, 15) is 0 Å². The molecule has 0 unspecified atom stereocenters. The quantitative estimate of drug-likeness (QED) is 0.816. The molecule has 0 atom stereocenters. The Morgan fingerprint density at radius 1 is 1.04 bits per heavy atom. The Morgan fingerprint density at radius 3 is 2.44 bits per heavy atom. The summed E-state index contributed by atoms with van der Waals surface area (Å²) in [7, 11) is 0. The molecule has 2 fully saturated rings. The van der Waals surface area contributed by atoms with Crippen molar-refractivity contribution in [2.45, 2.75) is 38.6 Å². The van der Waals surface area contributed by atoms with Gasteiger partial charge in [-0.15, -0.1) is 10.2 Å². The predicted octanol–water partition coefficient (Wildman–Crippen LogP) is 3.67. The first-order chi connectivity index (χ1) is 12.3. The second-order valence-electron chi connectivity index (χ2n) is 6.81. The number of likely N-dealkylation sites (tertiary alicyclic amines) is 1. The number of aromatic nitrogens is 2. The molecule has 2 saturated heterocycles. The highest BCUT2D eigenvalue weighted by atomic mass is 32.1. The highest BCUT2D eigenvalue weighted by molar-refractivity contribution is 7.18. The van der Waals surface area contributed by atoms with Gasteiger partial charge in [0.25, 0.3) is 0 Å². The maximum atomic E-state index is 5.50. The van der Waals surface area contributed by atoms with Crippen LogP contribution in [0, 0.1) is 0 Å². The molecule has 0 bridgehead atoms. The Balaban J connectivity index is 1.38. The molecule has 25 heavy (non-hydrogen) atoms. The van der Waals surface area contributed by atoms with Crippen LogP contribution in [0.5, 0.6) is 5.75 Å². The molecule has 2 aliphatic rings. The molecule has 1 aromatic carbocycles. The van der Waals surface area contributed by atoms with E-state index in [1.165, 1.54) is 38.8 Å². The van der Waals surface area contributed by atoms with Crippen molar-refractivity contribution in [2.24, 2.45) is 0 Å². The first-order valence-electron chi connectivity index (χ1n) is 9.39. The molecule has 4 rings (SSSR count). The number of ether oxygens (including phenoxy) is 1. The van der Waals surface area contributed by atoms with Crippen LogP contribution >= 0.6 is 11.3 Å². The molecule has 6 heteroatoms. The Morgan fingerprint density at radius 2 is 1.76 bits per heavy atom. The van der Waals surface area contributed by atoms with Gasteiger partial charge in [-0.3, -0.25) is 0 Å². The van der Waals surface area contributed by atoms with Crippen molar-refractivity contribution in [3.05, 3.63) is 24.3 Å². The summed E-state index contributed by atoms with van der Waals surface area (Å²) in [6.07, 6.45) is 5.25. The Kier molecular flexibility index (Phi) is 5.17. The van der Waals surface area contributed by atoms with Crippen molar-refractivity contribution >= 4 is 16.5 Å². The van der Waals surface area contributed by atoms with E-state index in [4.69, 9.17) is 4.74 Å². The Bertz CT molecular complexity index is 673. The summed E-state index contributed by atoms with van der Waals surface area (Å²) in [6.45, 7) is 7.47. The third kappa shape index (κ3) is 3.80. The third-order valence-corrected chi connectivity index (χ3v) is 6.25. The SMILES string of the molecule is CCOc1ccc(-c2nnc(N3CCC(N4CCCC4)CC3)s2)cc1. The summed E-state index contributed by atoms with van der Waals surface area (Å²) >= 11 is 1.69. The van der Waals surface area contributed by atoms with E-state index in [-0.39, 0.29) is 0 Å². The molecule has 0 spiro atoms. The van der Waals surface area contributed by atoms with Crippen LogP contribution in [0.1, 0.15) is 32.6 Å². The van der Waals surface area contributed by atoms with Gasteiger partial charge in [0.1, 0.15) is 10.8 Å². The van der Waals surface area contributed by atoms with Crippen molar-refractivity contribution in [3.8, 4) is 16.3 Å². The van der Waals surface area contributed by atoms with E-state index >= 15 is 0 Å². The van der Waals surface area contributed by atoms with E-state index in [2.05, 4.69) is 32.1 Å². The molecule has 3 heterocycles. The zero-order valence-corrected chi connectivity index (χ0v) is 15.7. The smallest absolute Gasteiger partial charge is 0.208 e. The van der Waals surface area contributed by atoms with E-state index in [1.54, 1.807) is 11.3 Å². The summed E-state index contributed by atoms with van der Waals surface area (Å²) in [5.74, 6) is 0.903. The minimum absolute atomic E-state index is 0.690. The average Bonchev–Trinajstić information content (AvgIpc) is 3.35. The van der Waals surface area contributed by atoms with Gasteiger partial charge in [0.15, 0.2) is 0 Å². The summed E-state index contributed by atoms with van der Waals surface area (Å²) < 4.78 is 5.50. The zero-order valence-electron chi connectivity index (χ0n) is 14.9. The van der Waals surface area contributed by atoms with Crippen LogP contribution in [0.25, 0.3) is 10.6 Å². The van der Waals surface area contributed by atoms with Gasteiger partial charge < -0.3 is 14.5 Å². The lowest BCUT2D eigenvalue weighted by atomic mass is 10.0. The maximum Gasteiger partial charge on any atom is 0.208 e. The largest absolute Gasteiger partial charge is 0.494 e. The number of benzene rings is 1. The molecule has 134 valence electrons. The lowest BCUT2D eigenvalue weighted by molar-refractivity contribution is 0.208. The van der Waals surface area contributed by atoms with Crippen molar-refractivity contribution in [2.75, 3.05) is 37.7 Å². The molecule has 0 amide bonds. The summed E-state index contributed by atoms with van der Waals surface area (Å²) in [4.78, 5) is 5.09. The number of rotatable bonds is 5. The van der Waals surface area contributed by atoms with E-state index in [1.807, 2.05) is 19.1 Å². The van der Waals surface area contributed by atoms with Crippen LogP contribution in [-0.2, 0) is 0 Å². The molecule has 0 aliphatic carbocycles. The van der Waals surface area contributed by atoms with Gasteiger partial charge >= 0.3 is 0 Å². The highest BCUT2D eigenvalue weighted by Gasteiger charge is 2.27. The minimum Gasteiger partial charge on any atom is -0.494 e. The van der Waals surface area contributed by atoms with Crippen LogP contribution in [0.3, 0.4) is 0 Å². The van der Waals surface area contributed by atoms with Crippen LogP contribution < -0.4 is 9.64 Å². The number of piperidine rings is 1. The summed E-state index contributed by atoms with van der Waals surface area (Å²) in [6, 6.07) is 8.91.